The molecule has 172 valence electrons. The first-order valence-corrected chi connectivity index (χ1v) is 12.9. The van der Waals surface area contributed by atoms with E-state index in [9.17, 15) is 9.59 Å². The Hall–Kier alpha value is -0.900. The smallest absolute Gasteiger partial charge is 0.311 e. The van der Waals surface area contributed by atoms with Crippen molar-refractivity contribution in [1.82, 2.24) is 0 Å². The van der Waals surface area contributed by atoms with Gasteiger partial charge in [-0.2, -0.15) is 0 Å². The number of methoxy groups -OCH3 is 1. The minimum atomic E-state index is -0.385. The Kier molecular flexibility index (Phi) is 4.11. The Labute approximate surface area is 187 Å². The predicted octanol–water partition coefficient (Wildman–Crippen LogP) is 5.18. The van der Waals surface area contributed by atoms with Crippen LogP contribution in [0.4, 0.5) is 0 Å². The van der Waals surface area contributed by atoms with Gasteiger partial charge in [0.25, 0.3) is 0 Å². The molecule has 4 bridgehead atoms. The van der Waals surface area contributed by atoms with Crippen LogP contribution in [0.15, 0.2) is 0 Å². The van der Waals surface area contributed by atoms with Crippen LogP contribution in [-0.4, -0.2) is 30.6 Å². The van der Waals surface area contributed by atoms with E-state index in [2.05, 4.69) is 27.7 Å². The van der Waals surface area contributed by atoms with E-state index in [0.29, 0.717) is 47.9 Å². The average Bonchev–Trinajstić information content (AvgIpc) is 3.03. The Morgan fingerprint density at radius 2 is 1.90 bits per heavy atom. The molecule has 0 aromatic carbocycles. The van der Waals surface area contributed by atoms with Crippen molar-refractivity contribution in [3.8, 4) is 0 Å². The summed E-state index contributed by atoms with van der Waals surface area (Å²) in [5.74, 6) is 3.07. The lowest BCUT2D eigenvalue weighted by molar-refractivity contribution is -0.251. The van der Waals surface area contributed by atoms with Crippen LogP contribution in [-0.2, 0) is 19.1 Å². The first-order valence-electron chi connectivity index (χ1n) is 12.9. The van der Waals surface area contributed by atoms with Crippen molar-refractivity contribution in [2.24, 2.45) is 51.8 Å². The molecule has 6 aliphatic carbocycles. The van der Waals surface area contributed by atoms with E-state index in [1.54, 1.807) is 7.11 Å². The number of carbonyl (C=O) groups excluding carboxylic acids is 2. The number of hydrogen-bond acceptors (Lipinski definition) is 4. The van der Waals surface area contributed by atoms with Crippen LogP contribution in [0.2, 0.25) is 0 Å². The van der Waals surface area contributed by atoms with Crippen molar-refractivity contribution in [1.29, 1.82) is 0 Å². The molecular formula is C27H40O4. The minimum absolute atomic E-state index is 0.0174. The maximum absolute atomic E-state index is 13.5. The van der Waals surface area contributed by atoms with Crippen LogP contribution in [0.3, 0.4) is 0 Å². The summed E-state index contributed by atoms with van der Waals surface area (Å²) in [5.41, 5.74) is -0.222. The fourth-order valence-electron chi connectivity index (χ4n) is 11.1. The summed E-state index contributed by atoms with van der Waals surface area (Å²) in [5, 5.41) is 0. The molecule has 4 heteroatoms. The van der Waals surface area contributed by atoms with Crippen LogP contribution in [0.25, 0.3) is 0 Å². The topological polar surface area (TPSA) is 52.6 Å². The van der Waals surface area contributed by atoms with E-state index >= 15 is 0 Å². The van der Waals surface area contributed by atoms with E-state index in [1.165, 1.54) is 12.8 Å². The van der Waals surface area contributed by atoms with Crippen molar-refractivity contribution in [2.75, 3.05) is 7.11 Å². The Morgan fingerprint density at radius 1 is 1.13 bits per heavy atom. The van der Waals surface area contributed by atoms with Gasteiger partial charge < -0.3 is 9.47 Å². The lowest BCUT2D eigenvalue weighted by atomic mass is 9.31. The number of esters is 1. The molecule has 1 unspecified atom stereocenters. The largest absolute Gasteiger partial charge is 0.469 e. The molecule has 10 atom stereocenters. The van der Waals surface area contributed by atoms with Gasteiger partial charge in [0, 0.05) is 18.3 Å². The summed E-state index contributed by atoms with van der Waals surface area (Å²) in [6.07, 6.45) is 9.59. The Balaban J connectivity index is 1.48. The first-order chi connectivity index (χ1) is 14.6. The number of rotatable bonds is 2. The number of fused-ring (bicyclic) bond motifs is 1. The minimum Gasteiger partial charge on any atom is -0.469 e. The highest BCUT2D eigenvalue weighted by Crippen LogP contribution is 2.79. The summed E-state index contributed by atoms with van der Waals surface area (Å²) in [6, 6.07) is 0. The van der Waals surface area contributed by atoms with Gasteiger partial charge >= 0.3 is 5.97 Å². The second kappa shape index (κ2) is 6.15. The molecule has 0 N–H and O–H groups in total. The summed E-state index contributed by atoms with van der Waals surface area (Å²) < 4.78 is 12.3. The Morgan fingerprint density at radius 3 is 2.61 bits per heavy atom. The van der Waals surface area contributed by atoms with Crippen LogP contribution in [0.5, 0.6) is 0 Å². The van der Waals surface area contributed by atoms with Crippen LogP contribution in [0.1, 0.15) is 85.5 Å². The van der Waals surface area contributed by atoms with Crippen molar-refractivity contribution < 1.29 is 19.1 Å². The zero-order valence-electron chi connectivity index (χ0n) is 20.0. The maximum Gasteiger partial charge on any atom is 0.311 e. The van der Waals surface area contributed by atoms with Gasteiger partial charge in [-0.3, -0.25) is 9.59 Å². The summed E-state index contributed by atoms with van der Waals surface area (Å²) in [6.45, 7) is 9.36. The molecule has 7 rings (SSSR count). The molecule has 7 fully saturated rings. The molecule has 7 aliphatic rings. The van der Waals surface area contributed by atoms with Crippen LogP contribution < -0.4 is 0 Å². The molecule has 6 saturated carbocycles. The maximum atomic E-state index is 13.5. The third-order valence-electron chi connectivity index (χ3n) is 12.0. The van der Waals surface area contributed by atoms with E-state index in [1.807, 2.05) is 0 Å². The lowest BCUT2D eigenvalue weighted by Crippen LogP contribution is -2.71. The van der Waals surface area contributed by atoms with Gasteiger partial charge in [-0.15, -0.1) is 0 Å². The monoisotopic (exact) mass is 428 g/mol. The second-order valence-electron chi connectivity index (χ2n) is 13.0. The Bertz CT molecular complexity index is 835. The third kappa shape index (κ3) is 2.18. The van der Waals surface area contributed by atoms with E-state index < -0.39 is 0 Å². The SMILES string of the molecule is COC(=O)[C@]1(C)CCC[C@]2(C)[C@H]3C[C@@H]4[C@H]5[C@@H]6CCC(=O)[C@H]5[C@@]3(CC[C@H]21)CC4(C(C)C)O6. The van der Waals surface area contributed by atoms with Gasteiger partial charge in [-0.05, 0) is 86.4 Å². The number of Topliss-reactive ketones (excluding diaryl/α,β-unsaturated/α-hetero) is 1. The van der Waals surface area contributed by atoms with Gasteiger partial charge in [0.2, 0.25) is 0 Å². The lowest BCUT2D eigenvalue weighted by Gasteiger charge is -2.72. The van der Waals surface area contributed by atoms with Gasteiger partial charge in [0.15, 0.2) is 0 Å². The van der Waals surface area contributed by atoms with Crippen molar-refractivity contribution in [3.05, 3.63) is 0 Å². The fourth-order valence-corrected chi connectivity index (χ4v) is 11.1. The highest BCUT2D eigenvalue weighted by molar-refractivity contribution is 5.84. The van der Waals surface area contributed by atoms with Gasteiger partial charge in [0.05, 0.1) is 24.2 Å². The molecule has 31 heavy (non-hydrogen) atoms. The van der Waals surface area contributed by atoms with Crippen molar-refractivity contribution >= 4 is 11.8 Å². The fraction of sp³-hybridized carbons (Fsp3) is 0.926. The van der Waals surface area contributed by atoms with Crippen molar-refractivity contribution in [2.45, 2.75) is 97.2 Å². The normalized spacial score (nSPS) is 56.9. The van der Waals surface area contributed by atoms with Gasteiger partial charge in [0.1, 0.15) is 5.78 Å². The van der Waals surface area contributed by atoms with Crippen LogP contribution in [0, 0.1) is 51.8 Å². The number of hydrogen-bond donors (Lipinski definition) is 0. The molecule has 0 radical (unpaired) electrons. The molecular weight excluding hydrogens is 388 g/mol. The summed E-state index contributed by atoms with van der Waals surface area (Å²) >= 11 is 0. The molecule has 1 saturated heterocycles. The quantitative estimate of drug-likeness (QED) is 0.569. The number of carbonyl (C=O) groups is 2. The second-order valence-corrected chi connectivity index (χ2v) is 13.0. The molecule has 1 spiro atoms. The molecule has 1 aliphatic heterocycles. The third-order valence-corrected chi connectivity index (χ3v) is 12.0. The first kappa shape index (κ1) is 20.7. The predicted molar refractivity (Wildman–Crippen MR) is 117 cm³/mol. The molecule has 4 nitrogen and oxygen atoms in total. The highest BCUT2D eigenvalue weighted by Gasteiger charge is 2.78. The standard InChI is InChI=1S/C27H40O4/c1-15(2)27-14-26-12-9-19-24(3,10-6-11-25(19,4)23(29)30-5)20(26)13-16(27)21-18(31-27)8-7-17(28)22(21)26/h15-16,18-22H,6-14H2,1-5H3/t16-,18+,19-,20-,21+,22-,24+,25-,26+,27?/m1/s1. The van der Waals surface area contributed by atoms with Crippen LogP contribution >= 0.6 is 0 Å². The average molecular weight is 429 g/mol. The zero-order valence-corrected chi connectivity index (χ0v) is 20.0. The zero-order chi connectivity index (χ0) is 22.0. The number of ether oxygens (including phenoxy) is 2. The summed E-state index contributed by atoms with van der Waals surface area (Å²) in [7, 11) is 1.55. The molecule has 1 heterocycles. The molecule has 0 aromatic rings. The van der Waals surface area contributed by atoms with Crippen molar-refractivity contribution in [3.63, 3.8) is 0 Å². The molecule has 0 aromatic heterocycles. The van der Waals surface area contributed by atoms with Gasteiger partial charge in [-0.1, -0.05) is 27.2 Å². The van der Waals surface area contributed by atoms with E-state index in [0.717, 1.165) is 38.5 Å². The molecule has 0 amide bonds. The van der Waals surface area contributed by atoms with Gasteiger partial charge in [-0.25, -0.2) is 0 Å². The van der Waals surface area contributed by atoms with E-state index in [-0.39, 0.29) is 33.7 Å². The van der Waals surface area contributed by atoms with E-state index in [4.69, 9.17) is 9.47 Å². The number of ketones is 1. The highest BCUT2D eigenvalue weighted by atomic mass is 16.5. The summed E-state index contributed by atoms with van der Waals surface area (Å²) in [4.78, 5) is 26.5.